The number of nitrogens with zero attached hydrogens (tertiary/aromatic N) is 3. The molecule has 10 heteroatoms. The quantitative estimate of drug-likeness (QED) is 0.357. The number of hydrogen-bond donors (Lipinski definition) is 2. The molecule has 2 atom stereocenters. The van der Waals surface area contributed by atoms with Crippen LogP contribution < -0.4 is 10.5 Å². The first kappa shape index (κ1) is 28.3. The van der Waals surface area contributed by atoms with E-state index in [1.807, 2.05) is 18.6 Å². The molecule has 0 radical (unpaired) electrons. The van der Waals surface area contributed by atoms with E-state index >= 15 is 0 Å². The van der Waals surface area contributed by atoms with Crippen LogP contribution in [0.15, 0.2) is 35.6 Å². The fraction of sp³-hybridized carbons (Fsp3) is 0.500. The van der Waals surface area contributed by atoms with Gasteiger partial charge in [-0.3, -0.25) is 14.3 Å². The molecule has 3 aromatic rings. The smallest absolute Gasteiger partial charge is 0.261 e. The Bertz CT molecular complexity index is 1530. The topological polar surface area (TPSA) is 137 Å². The molecule has 3 N–H and O–H groups in total. The highest BCUT2D eigenvalue weighted by molar-refractivity contribution is 7.85. The molecule has 2 fully saturated rings. The lowest BCUT2D eigenvalue weighted by molar-refractivity contribution is 0.0994. The van der Waals surface area contributed by atoms with E-state index in [2.05, 4.69) is 34.7 Å². The highest BCUT2D eigenvalue weighted by Gasteiger charge is 2.28. The van der Waals surface area contributed by atoms with Gasteiger partial charge in [0.2, 0.25) is 0 Å². The molecule has 1 aromatic heterocycles. The summed E-state index contributed by atoms with van der Waals surface area (Å²) in [6.45, 7) is 2.91. The first-order valence-electron chi connectivity index (χ1n) is 14.1. The Balaban J connectivity index is 0.000000595. The van der Waals surface area contributed by atoms with Crippen LogP contribution in [0.1, 0.15) is 80.3 Å². The highest BCUT2D eigenvalue weighted by atomic mass is 32.2. The van der Waals surface area contributed by atoms with Crippen molar-refractivity contribution >= 4 is 39.0 Å². The van der Waals surface area contributed by atoms with Crippen LogP contribution in [0.4, 0.5) is 5.69 Å². The number of aliphatic imine (C=N–C) groups is 1. The molecule has 0 spiro atoms. The van der Waals surface area contributed by atoms with Crippen LogP contribution in [-0.4, -0.2) is 47.5 Å². The Morgan fingerprint density at radius 1 is 1.12 bits per heavy atom. The van der Waals surface area contributed by atoms with Gasteiger partial charge < -0.3 is 15.0 Å². The Morgan fingerprint density at radius 2 is 1.88 bits per heavy atom. The normalized spacial score (nSPS) is 20.8. The predicted octanol–water partition coefficient (Wildman–Crippen LogP) is 5.88. The number of imidazole rings is 1. The third-order valence-electron chi connectivity index (χ3n) is 8.47. The van der Waals surface area contributed by atoms with Gasteiger partial charge in [-0.25, -0.2) is 4.98 Å². The molecular weight excluding hydrogens is 528 g/mol. The van der Waals surface area contributed by atoms with Crippen molar-refractivity contribution in [1.82, 2.24) is 9.55 Å². The summed E-state index contributed by atoms with van der Waals surface area (Å²) in [4.78, 5) is 21.9. The molecular formula is C30H38N4O5S. The zero-order valence-electron chi connectivity index (χ0n) is 23.2. The zero-order valence-corrected chi connectivity index (χ0v) is 24.0. The molecule has 3 aliphatic rings. The number of fused-ring (bicyclic) bond motifs is 2. The summed E-state index contributed by atoms with van der Waals surface area (Å²) in [5.41, 5.74) is 12.2. The minimum atomic E-state index is -3.67. The van der Waals surface area contributed by atoms with Crippen LogP contribution in [0, 0.1) is 11.8 Å². The number of aromatic nitrogens is 2. The first-order valence-corrected chi connectivity index (χ1v) is 16.0. The molecule has 6 rings (SSSR count). The average Bonchev–Trinajstić information content (AvgIpc) is 3.65. The lowest BCUT2D eigenvalue weighted by Gasteiger charge is -2.23. The molecule has 0 saturated heterocycles. The molecule has 2 aliphatic carbocycles. The van der Waals surface area contributed by atoms with Crippen molar-refractivity contribution in [2.24, 2.45) is 22.6 Å². The van der Waals surface area contributed by atoms with E-state index in [1.54, 1.807) is 0 Å². The summed E-state index contributed by atoms with van der Waals surface area (Å²) in [5.74, 6) is 1.30. The molecule has 2 saturated carbocycles. The van der Waals surface area contributed by atoms with E-state index in [1.165, 1.54) is 56.9 Å². The number of primary amides is 1. The maximum Gasteiger partial charge on any atom is 0.261 e. The Kier molecular flexibility index (Phi) is 8.28. The summed E-state index contributed by atoms with van der Waals surface area (Å²) in [5, 5.41) is 0. The molecule has 9 nitrogen and oxygen atoms in total. The van der Waals surface area contributed by atoms with Crippen molar-refractivity contribution in [2.45, 2.75) is 70.8 Å². The maximum atomic E-state index is 12.5. The van der Waals surface area contributed by atoms with Gasteiger partial charge in [0.1, 0.15) is 5.75 Å². The summed E-state index contributed by atoms with van der Waals surface area (Å²) < 4.78 is 34.6. The van der Waals surface area contributed by atoms with Crippen molar-refractivity contribution in [1.29, 1.82) is 0 Å². The first-order chi connectivity index (χ1) is 19.1. The number of carbonyl (C=O) groups is 1. The van der Waals surface area contributed by atoms with E-state index < -0.39 is 16.0 Å². The minimum Gasteiger partial charge on any atom is -0.492 e. The lowest BCUT2D eigenvalue weighted by atomic mass is 9.94. The van der Waals surface area contributed by atoms with E-state index in [4.69, 9.17) is 20.0 Å². The van der Waals surface area contributed by atoms with Crippen LogP contribution in [0.2, 0.25) is 0 Å². The van der Waals surface area contributed by atoms with Crippen molar-refractivity contribution in [3.05, 3.63) is 41.7 Å². The fourth-order valence-electron chi connectivity index (χ4n) is 6.40. The molecule has 1 aliphatic heterocycles. The summed E-state index contributed by atoms with van der Waals surface area (Å²) in [6, 6.07) is 8.99. The highest BCUT2D eigenvalue weighted by Crippen LogP contribution is 2.44. The van der Waals surface area contributed by atoms with E-state index in [-0.39, 0.29) is 0 Å². The van der Waals surface area contributed by atoms with Crippen LogP contribution >= 0.6 is 0 Å². The van der Waals surface area contributed by atoms with Gasteiger partial charge in [0.25, 0.3) is 16.0 Å². The van der Waals surface area contributed by atoms with Gasteiger partial charge in [0, 0.05) is 29.8 Å². The largest absolute Gasteiger partial charge is 0.492 e. The van der Waals surface area contributed by atoms with Crippen molar-refractivity contribution in [3.8, 4) is 16.9 Å². The Morgan fingerprint density at radius 3 is 2.55 bits per heavy atom. The second-order valence-corrected chi connectivity index (χ2v) is 12.8. The SMILES string of the molecule is CC1CCCC1COc1cc(-c2ccc3c(c2)ncn3C2CCCCC2)c2c(c1C(N)=O)CC=N2.CS(=O)(=O)O. The molecule has 0 bridgehead atoms. The number of amides is 1. The van der Waals surface area contributed by atoms with Crippen molar-refractivity contribution < 1.29 is 22.5 Å². The summed E-state index contributed by atoms with van der Waals surface area (Å²) in [7, 11) is -3.67. The molecule has 1 amide bonds. The van der Waals surface area contributed by atoms with Crippen LogP contribution in [-0.2, 0) is 16.5 Å². The molecule has 2 unspecified atom stereocenters. The van der Waals surface area contributed by atoms with Crippen molar-refractivity contribution in [3.63, 3.8) is 0 Å². The number of hydrogen-bond acceptors (Lipinski definition) is 6. The van der Waals surface area contributed by atoms with E-state index in [9.17, 15) is 13.2 Å². The van der Waals surface area contributed by atoms with Crippen LogP contribution in [0.25, 0.3) is 22.2 Å². The van der Waals surface area contributed by atoms with Gasteiger partial charge in [-0.1, -0.05) is 45.1 Å². The van der Waals surface area contributed by atoms with Gasteiger partial charge in [0.15, 0.2) is 0 Å². The number of carbonyl (C=O) groups excluding carboxylic acids is 1. The monoisotopic (exact) mass is 566 g/mol. The van der Waals surface area contributed by atoms with Gasteiger partial charge in [-0.2, -0.15) is 8.42 Å². The second-order valence-electron chi connectivity index (χ2n) is 11.4. The number of ether oxygens (including phenoxy) is 1. The molecule has 2 heterocycles. The van der Waals surface area contributed by atoms with Crippen LogP contribution in [0.5, 0.6) is 5.75 Å². The van der Waals surface area contributed by atoms with E-state index in [0.29, 0.717) is 48.5 Å². The number of nitrogens with two attached hydrogens (primary N) is 1. The van der Waals surface area contributed by atoms with E-state index in [0.717, 1.165) is 27.9 Å². The minimum absolute atomic E-state index is 0.450. The zero-order chi connectivity index (χ0) is 28.4. The average molecular weight is 567 g/mol. The molecule has 214 valence electrons. The summed E-state index contributed by atoms with van der Waals surface area (Å²) >= 11 is 0. The van der Waals surface area contributed by atoms with Crippen LogP contribution in [0.3, 0.4) is 0 Å². The molecule has 2 aromatic carbocycles. The predicted molar refractivity (Wildman–Crippen MR) is 157 cm³/mol. The van der Waals surface area contributed by atoms with Gasteiger partial charge >= 0.3 is 0 Å². The standard InChI is InChI=1S/C29H34N4O2.CH4O3S/c1-18-6-5-7-20(18)16-35-26-15-23(28-22(12-13-31-28)27(26)29(30)34)19-10-11-25-24(14-19)32-17-33(25)21-8-3-2-4-9-21;1-5(2,3)4/h10-11,13-15,17-18,20-21H,2-9,12,16H2,1H3,(H2,30,34);1H3,(H,2,3,4). The third-order valence-corrected chi connectivity index (χ3v) is 8.47. The van der Waals surface area contributed by atoms with Gasteiger partial charge in [-0.05, 0) is 54.9 Å². The maximum absolute atomic E-state index is 12.5. The Hall–Kier alpha value is -3.24. The van der Waals surface area contributed by atoms with Crippen molar-refractivity contribution in [2.75, 3.05) is 12.9 Å². The number of benzene rings is 2. The number of rotatable bonds is 6. The van der Waals surface area contributed by atoms with Gasteiger partial charge in [-0.15, -0.1) is 0 Å². The molecule has 40 heavy (non-hydrogen) atoms. The van der Waals surface area contributed by atoms with Gasteiger partial charge in [0.05, 0.1) is 41.5 Å². The summed E-state index contributed by atoms with van der Waals surface area (Å²) in [6.07, 6.45) is 15.2. The lowest BCUT2D eigenvalue weighted by Crippen LogP contribution is -2.19. The second kappa shape index (κ2) is 11.7. The third kappa shape index (κ3) is 6.23. The Labute approximate surface area is 235 Å². The fourth-order valence-corrected chi connectivity index (χ4v) is 6.40.